The van der Waals surface area contributed by atoms with Crippen molar-refractivity contribution in [3.05, 3.63) is 131 Å². The van der Waals surface area contributed by atoms with Gasteiger partial charge in [-0.1, -0.05) is 92.2 Å². The summed E-state index contributed by atoms with van der Waals surface area (Å²) in [5, 5.41) is 6.44. The van der Waals surface area contributed by atoms with Crippen LogP contribution in [0.2, 0.25) is 0 Å². The molecular weight excluding hydrogens is 496 g/mol. The second-order valence-corrected chi connectivity index (χ2v) is 9.93. The van der Waals surface area contributed by atoms with Crippen molar-refractivity contribution < 1.29 is 14.3 Å². The van der Waals surface area contributed by atoms with E-state index in [1.54, 1.807) is 0 Å². The van der Waals surface area contributed by atoms with Gasteiger partial charge in [-0.05, 0) is 84.4 Å². The molecule has 0 aromatic heterocycles. The number of hydrogen-bond acceptors (Lipinski definition) is 4. The molecule has 208 valence electrons. The molecule has 0 saturated heterocycles. The van der Waals surface area contributed by atoms with Gasteiger partial charge in [0.25, 0.3) is 0 Å². The van der Waals surface area contributed by atoms with Gasteiger partial charge in [-0.15, -0.1) is 0 Å². The Morgan fingerprint density at radius 3 is 2.20 bits per heavy atom. The van der Waals surface area contributed by atoms with E-state index in [0.29, 0.717) is 13.2 Å². The molecule has 0 atom stereocenters. The molecule has 0 unspecified atom stereocenters. The van der Waals surface area contributed by atoms with Gasteiger partial charge >= 0.3 is 0 Å². The zero-order chi connectivity index (χ0) is 27.8. The van der Waals surface area contributed by atoms with Crippen LogP contribution in [0, 0.1) is 0 Å². The predicted octanol–water partition coefficient (Wildman–Crippen LogP) is 6.75. The molecule has 4 aromatic carbocycles. The minimum atomic E-state index is -0.150. The Morgan fingerprint density at radius 1 is 0.675 bits per heavy atom. The quantitative estimate of drug-likeness (QED) is 0.156. The summed E-state index contributed by atoms with van der Waals surface area (Å²) in [6.45, 7) is 5.09. The van der Waals surface area contributed by atoms with E-state index in [0.717, 1.165) is 55.8 Å². The highest BCUT2D eigenvalue weighted by atomic mass is 16.5. The van der Waals surface area contributed by atoms with Gasteiger partial charge in [0.05, 0.1) is 6.61 Å². The first-order chi connectivity index (χ1) is 19.7. The number of aryl methyl sites for hydroxylation is 1. The SMILES string of the molecule is CCCc1cc(OCc2ccccc2)ccc1CCNCCc1cccc(COCC(=O)Nc2ccccc2)c1. The Hall–Kier alpha value is -3.93. The zero-order valence-corrected chi connectivity index (χ0v) is 23.4. The van der Waals surface area contributed by atoms with E-state index in [1.165, 1.54) is 22.3 Å². The maximum absolute atomic E-state index is 12.1. The van der Waals surface area contributed by atoms with Crippen molar-refractivity contribution in [2.75, 3.05) is 25.0 Å². The van der Waals surface area contributed by atoms with Gasteiger partial charge < -0.3 is 20.1 Å². The predicted molar refractivity (Wildman–Crippen MR) is 163 cm³/mol. The number of benzene rings is 4. The van der Waals surface area contributed by atoms with Gasteiger partial charge in [0.2, 0.25) is 5.91 Å². The van der Waals surface area contributed by atoms with Crippen LogP contribution in [-0.4, -0.2) is 25.6 Å². The molecule has 0 aliphatic carbocycles. The van der Waals surface area contributed by atoms with Crippen LogP contribution in [0.25, 0.3) is 0 Å². The van der Waals surface area contributed by atoms with E-state index in [4.69, 9.17) is 9.47 Å². The normalized spacial score (nSPS) is 10.8. The van der Waals surface area contributed by atoms with Crippen LogP contribution in [0.1, 0.15) is 41.2 Å². The Balaban J connectivity index is 1.16. The molecule has 5 nitrogen and oxygen atoms in total. The highest BCUT2D eigenvalue weighted by Gasteiger charge is 2.06. The average molecular weight is 537 g/mol. The summed E-state index contributed by atoms with van der Waals surface area (Å²) in [4.78, 5) is 12.1. The number of anilines is 1. The van der Waals surface area contributed by atoms with Crippen molar-refractivity contribution in [1.82, 2.24) is 5.32 Å². The summed E-state index contributed by atoms with van der Waals surface area (Å²) >= 11 is 0. The third-order valence-electron chi connectivity index (χ3n) is 6.66. The number of rotatable bonds is 16. The van der Waals surface area contributed by atoms with Gasteiger partial charge in [-0.2, -0.15) is 0 Å². The summed E-state index contributed by atoms with van der Waals surface area (Å²) in [5.74, 6) is 0.785. The molecule has 0 radical (unpaired) electrons. The smallest absolute Gasteiger partial charge is 0.250 e. The van der Waals surface area contributed by atoms with Crippen LogP contribution in [0.3, 0.4) is 0 Å². The lowest BCUT2D eigenvalue weighted by Gasteiger charge is -2.13. The number of ether oxygens (including phenoxy) is 2. The maximum atomic E-state index is 12.1. The molecule has 0 bridgehead atoms. The lowest BCUT2D eigenvalue weighted by molar-refractivity contribution is -0.121. The molecule has 0 spiro atoms. The van der Waals surface area contributed by atoms with Crippen LogP contribution < -0.4 is 15.4 Å². The Morgan fingerprint density at radius 2 is 1.40 bits per heavy atom. The van der Waals surface area contributed by atoms with Crippen LogP contribution in [0.4, 0.5) is 5.69 Å². The molecule has 4 rings (SSSR count). The molecule has 0 aliphatic rings. The van der Waals surface area contributed by atoms with Crippen LogP contribution >= 0.6 is 0 Å². The average Bonchev–Trinajstić information content (AvgIpc) is 2.98. The summed E-state index contributed by atoms with van der Waals surface area (Å²) in [5.41, 5.74) is 7.05. The molecular formula is C35H40N2O3. The summed E-state index contributed by atoms with van der Waals surface area (Å²) in [7, 11) is 0. The summed E-state index contributed by atoms with van der Waals surface area (Å²) < 4.78 is 11.7. The fraction of sp³-hybridized carbons (Fsp3) is 0.286. The second-order valence-electron chi connectivity index (χ2n) is 9.93. The third-order valence-corrected chi connectivity index (χ3v) is 6.66. The van der Waals surface area contributed by atoms with Gasteiger partial charge in [0, 0.05) is 5.69 Å². The molecule has 0 fully saturated rings. The van der Waals surface area contributed by atoms with Crippen molar-refractivity contribution in [2.24, 2.45) is 0 Å². The number of carbonyl (C=O) groups excluding carboxylic acids is 1. The monoisotopic (exact) mass is 536 g/mol. The van der Waals surface area contributed by atoms with E-state index in [-0.39, 0.29) is 12.5 Å². The van der Waals surface area contributed by atoms with Gasteiger partial charge in [0.1, 0.15) is 19.0 Å². The van der Waals surface area contributed by atoms with E-state index < -0.39 is 0 Å². The molecule has 4 aromatic rings. The van der Waals surface area contributed by atoms with E-state index in [9.17, 15) is 4.79 Å². The third kappa shape index (κ3) is 9.99. The van der Waals surface area contributed by atoms with Gasteiger partial charge in [-0.3, -0.25) is 4.79 Å². The first kappa shape index (κ1) is 29.1. The molecule has 5 heteroatoms. The second kappa shape index (κ2) is 16.2. The molecule has 0 heterocycles. The van der Waals surface area contributed by atoms with Crippen molar-refractivity contribution >= 4 is 11.6 Å². The number of nitrogens with one attached hydrogen (secondary N) is 2. The summed E-state index contributed by atoms with van der Waals surface area (Å²) in [6, 6.07) is 34.6. The molecule has 0 aliphatic heterocycles. The summed E-state index contributed by atoms with van der Waals surface area (Å²) in [6.07, 6.45) is 4.10. The van der Waals surface area contributed by atoms with Crippen LogP contribution in [0.5, 0.6) is 5.75 Å². The van der Waals surface area contributed by atoms with Gasteiger partial charge in [-0.25, -0.2) is 0 Å². The lowest BCUT2D eigenvalue weighted by atomic mass is 10.00. The Bertz CT molecular complexity index is 1310. The lowest BCUT2D eigenvalue weighted by Crippen LogP contribution is -2.20. The number of hydrogen-bond donors (Lipinski definition) is 2. The van der Waals surface area contributed by atoms with Crippen molar-refractivity contribution in [3.8, 4) is 5.75 Å². The van der Waals surface area contributed by atoms with Crippen molar-refractivity contribution in [2.45, 2.75) is 45.8 Å². The molecule has 2 N–H and O–H groups in total. The topological polar surface area (TPSA) is 59.6 Å². The van der Waals surface area contributed by atoms with E-state index in [2.05, 4.69) is 66.1 Å². The maximum Gasteiger partial charge on any atom is 0.250 e. The highest BCUT2D eigenvalue weighted by molar-refractivity contribution is 5.91. The minimum absolute atomic E-state index is 0.0286. The molecule has 0 saturated carbocycles. The fourth-order valence-electron chi connectivity index (χ4n) is 4.61. The number of amides is 1. The minimum Gasteiger partial charge on any atom is -0.489 e. The molecule has 1 amide bonds. The van der Waals surface area contributed by atoms with E-state index in [1.807, 2.05) is 54.6 Å². The fourth-order valence-corrected chi connectivity index (χ4v) is 4.61. The van der Waals surface area contributed by atoms with E-state index >= 15 is 0 Å². The first-order valence-corrected chi connectivity index (χ1v) is 14.2. The molecule has 40 heavy (non-hydrogen) atoms. The van der Waals surface area contributed by atoms with Crippen LogP contribution in [-0.2, 0) is 42.0 Å². The van der Waals surface area contributed by atoms with Gasteiger partial charge in [0.15, 0.2) is 0 Å². The van der Waals surface area contributed by atoms with Crippen LogP contribution in [0.15, 0.2) is 103 Å². The largest absolute Gasteiger partial charge is 0.489 e. The Kier molecular flexibility index (Phi) is 11.8. The zero-order valence-electron chi connectivity index (χ0n) is 23.4. The van der Waals surface area contributed by atoms with Crippen molar-refractivity contribution in [3.63, 3.8) is 0 Å². The standard InChI is InChI=1S/C35H40N2O3/c1-2-10-32-24-34(40-26-29-11-5-3-6-12-29)18-17-31(32)20-22-36-21-19-28-13-9-14-30(23-28)25-39-27-35(38)37-33-15-7-4-8-16-33/h3-9,11-18,23-24,36H,2,10,19-22,25-27H2,1H3,(H,37,38). The highest BCUT2D eigenvalue weighted by Crippen LogP contribution is 2.21. The van der Waals surface area contributed by atoms with Crippen molar-refractivity contribution in [1.29, 1.82) is 0 Å². The Labute approximate surface area is 238 Å². The number of para-hydroxylation sites is 1. The first-order valence-electron chi connectivity index (χ1n) is 14.2. The number of carbonyl (C=O) groups is 1.